The minimum Gasteiger partial charge on any atom is -0.255 e. The summed E-state index contributed by atoms with van der Waals surface area (Å²) in [5.41, 5.74) is 0.350. The van der Waals surface area contributed by atoms with Crippen LogP contribution in [-0.4, -0.2) is 23.4 Å². The van der Waals surface area contributed by atoms with Crippen LogP contribution in [0.4, 0.5) is 0 Å². The first-order valence-corrected chi connectivity index (χ1v) is 5.23. The van der Waals surface area contributed by atoms with E-state index in [4.69, 9.17) is 10.7 Å². The Morgan fingerprint density at radius 3 is 2.73 bits per heavy atom. The number of aromatic nitrogens is 3. The van der Waals surface area contributed by atoms with E-state index in [1.54, 1.807) is 7.05 Å². The highest BCUT2D eigenvalue weighted by molar-refractivity contribution is 8.13. The molecule has 11 heavy (non-hydrogen) atoms. The van der Waals surface area contributed by atoms with Gasteiger partial charge in [0.2, 0.25) is 9.05 Å². The van der Waals surface area contributed by atoms with E-state index in [9.17, 15) is 8.42 Å². The van der Waals surface area contributed by atoms with Crippen molar-refractivity contribution in [1.82, 2.24) is 15.0 Å². The van der Waals surface area contributed by atoms with E-state index < -0.39 is 9.05 Å². The number of rotatable bonds is 2. The second kappa shape index (κ2) is 2.78. The number of halogens is 1. The van der Waals surface area contributed by atoms with Crippen molar-refractivity contribution < 1.29 is 8.42 Å². The molecule has 0 bridgehead atoms. The molecule has 1 heterocycles. The second-order valence-electron chi connectivity index (χ2n) is 2.07. The molecule has 0 fully saturated rings. The quantitative estimate of drug-likeness (QED) is 0.618. The van der Waals surface area contributed by atoms with Crippen molar-refractivity contribution in [2.24, 2.45) is 7.05 Å². The summed E-state index contributed by atoms with van der Waals surface area (Å²) in [6, 6.07) is 0. The van der Waals surface area contributed by atoms with Gasteiger partial charge in [-0.15, -0.1) is 5.10 Å². The molecule has 0 saturated heterocycles. The fourth-order valence-corrected chi connectivity index (χ4v) is 1.46. The lowest BCUT2D eigenvalue weighted by atomic mass is 10.6. The predicted octanol–water partition coefficient (Wildman–Crippen LogP) is -0.116. The summed E-state index contributed by atoms with van der Waals surface area (Å²) in [6.45, 7) is 0. The van der Waals surface area contributed by atoms with Gasteiger partial charge in [0.25, 0.3) is 0 Å². The molecule has 0 aliphatic heterocycles. The van der Waals surface area contributed by atoms with Crippen molar-refractivity contribution >= 4 is 19.7 Å². The normalized spacial score (nSPS) is 11.8. The monoisotopic (exact) mass is 195 g/mol. The molecule has 0 aliphatic carbocycles. The molecule has 62 valence electrons. The van der Waals surface area contributed by atoms with Gasteiger partial charge in [0.1, 0.15) is 5.75 Å². The van der Waals surface area contributed by atoms with Crippen molar-refractivity contribution in [3.8, 4) is 0 Å². The van der Waals surface area contributed by atoms with Crippen LogP contribution in [0.2, 0.25) is 0 Å². The van der Waals surface area contributed by atoms with Crippen LogP contribution < -0.4 is 0 Å². The number of hydrogen-bond donors (Lipinski definition) is 0. The fraction of sp³-hybridized carbons (Fsp3) is 0.500. The molecule has 1 rings (SSSR count). The van der Waals surface area contributed by atoms with Crippen LogP contribution in [0.3, 0.4) is 0 Å². The summed E-state index contributed by atoms with van der Waals surface area (Å²) in [5.74, 6) is -0.275. The fourth-order valence-electron chi connectivity index (χ4n) is 0.638. The van der Waals surface area contributed by atoms with Crippen molar-refractivity contribution in [2.45, 2.75) is 5.75 Å². The Balaban J connectivity index is 2.81. The van der Waals surface area contributed by atoms with Crippen LogP contribution in [0.1, 0.15) is 5.69 Å². The highest BCUT2D eigenvalue weighted by Gasteiger charge is 2.09. The zero-order valence-electron chi connectivity index (χ0n) is 5.73. The van der Waals surface area contributed by atoms with E-state index in [1.165, 1.54) is 10.9 Å². The molecule has 1 aromatic rings. The van der Waals surface area contributed by atoms with Gasteiger partial charge in [0.05, 0.1) is 5.69 Å². The maximum absolute atomic E-state index is 10.5. The molecular weight excluding hydrogens is 190 g/mol. The first-order valence-electron chi connectivity index (χ1n) is 2.75. The van der Waals surface area contributed by atoms with E-state index in [1.807, 2.05) is 0 Å². The van der Waals surface area contributed by atoms with E-state index in [-0.39, 0.29) is 5.75 Å². The summed E-state index contributed by atoms with van der Waals surface area (Å²) in [4.78, 5) is 0. The first kappa shape index (κ1) is 8.48. The zero-order valence-corrected chi connectivity index (χ0v) is 7.30. The first-order chi connectivity index (χ1) is 4.97. The average molecular weight is 196 g/mol. The third kappa shape index (κ3) is 2.85. The molecule has 5 nitrogen and oxygen atoms in total. The Bertz CT molecular complexity index is 344. The molecule has 0 radical (unpaired) electrons. The molecule has 0 unspecified atom stereocenters. The molecule has 7 heteroatoms. The molecule has 0 amide bonds. The minimum atomic E-state index is -3.51. The van der Waals surface area contributed by atoms with Gasteiger partial charge in [0, 0.05) is 23.9 Å². The number of aryl methyl sites for hydroxylation is 1. The smallest absolute Gasteiger partial charge is 0.238 e. The zero-order chi connectivity index (χ0) is 8.48. The second-order valence-corrected chi connectivity index (χ2v) is 4.84. The standard InChI is InChI=1S/C4H6ClN3O2S/c1-8-2-4(6-7-8)3-11(5,9)10/h2H,3H2,1H3. The Labute approximate surface area is 68.4 Å². The maximum atomic E-state index is 10.5. The van der Waals surface area contributed by atoms with Crippen molar-refractivity contribution in [1.29, 1.82) is 0 Å². The molecule has 1 aromatic heterocycles. The molecule has 0 saturated carbocycles. The number of nitrogens with zero attached hydrogens (tertiary/aromatic N) is 3. The third-order valence-electron chi connectivity index (χ3n) is 0.970. The summed E-state index contributed by atoms with van der Waals surface area (Å²) in [5, 5.41) is 7.09. The van der Waals surface area contributed by atoms with E-state index in [0.29, 0.717) is 5.69 Å². The summed E-state index contributed by atoms with van der Waals surface area (Å²) >= 11 is 0. The minimum absolute atomic E-state index is 0.275. The SMILES string of the molecule is Cn1cc(CS(=O)(=O)Cl)nn1. The van der Waals surface area contributed by atoms with Crippen molar-refractivity contribution in [3.05, 3.63) is 11.9 Å². The van der Waals surface area contributed by atoms with Crippen LogP contribution in [0, 0.1) is 0 Å². The maximum Gasteiger partial charge on any atom is 0.238 e. The lowest BCUT2D eigenvalue weighted by Gasteiger charge is -1.86. The molecule has 0 aliphatic rings. The predicted molar refractivity (Wildman–Crippen MR) is 39.5 cm³/mol. The number of hydrogen-bond acceptors (Lipinski definition) is 4. The van der Waals surface area contributed by atoms with Gasteiger partial charge in [-0.1, -0.05) is 5.21 Å². The third-order valence-corrected chi connectivity index (χ3v) is 1.94. The van der Waals surface area contributed by atoms with Gasteiger partial charge < -0.3 is 0 Å². The molecular formula is C4H6ClN3O2S. The molecule has 0 aromatic carbocycles. The van der Waals surface area contributed by atoms with Crippen LogP contribution in [0.5, 0.6) is 0 Å². The highest BCUT2D eigenvalue weighted by atomic mass is 35.7. The Hall–Kier alpha value is -0.620. The van der Waals surface area contributed by atoms with Gasteiger partial charge in [0.15, 0.2) is 0 Å². The van der Waals surface area contributed by atoms with Gasteiger partial charge in [-0.05, 0) is 0 Å². The molecule has 0 atom stereocenters. The van der Waals surface area contributed by atoms with Gasteiger partial charge in [-0.3, -0.25) is 4.68 Å². The Kier molecular flexibility index (Phi) is 2.15. The van der Waals surface area contributed by atoms with Crippen LogP contribution in [0.15, 0.2) is 6.20 Å². The van der Waals surface area contributed by atoms with Gasteiger partial charge >= 0.3 is 0 Å². The Morgan fingerprint density at radius 1 is 1.73 bits per heavy atom. The summed E-state index contributed by atoms with van der Waals surface area (Å²) in [7, 11) is 3.11. The average Bonchev–Trinajstić information content (AvgIpc) is 2.10. The summed E-state index contributed by atoms with van der Waals surface area (Å²) in [6.07, 6.45) is 1.50. The lowest BCUT2D eigenvalue weighted by molar-refractivity contribution is 0.608. The van der Waals surface area contributed by atoms with Crippen LogP contribution >= 0.6 is 10.7 Å². The molecule has 0 N–H and O–H groups in total. The topological polar surface area (TPSA) is 64.8 Å². The van der Waals surface area contributed by atoms with Gasteiger partial charge in [-0.25, -0.2) is 8.42 Å². The van der Waals surface area contributed by atoms with Crippen molar-refractivity contribution in [2.75, 3.05) is 0 Å². The van der Waals surface area contributed by atoms with E-state index in [0.717, 1.165) is 0 Å². The van der Waals surface area contributed by atoms with Crippen molar-refractivity contribution in [3.63, 3.8) is 0 Å². The Morgan fingerprint density at radius 2 is 2.36 bits per heavy atom. The molecule has 0 spiro atoms. The van der Waals surface area contributed by atoms with E-state index in [2.05, 4.69) is 10.3 Å². The van der Waals surface area contributed by atoms with E-state index >= 15 is 0 Å². The van der Waals surface area contributed by atoms with Crippen LogP contribution in [0.25, 0.3) is 0 Å². The lowest BCUT2D eigenvalue weighted by Crippen LogP contribution is -1.94. The largest absolute Gasteiger partial charge is 0.255 e. The van der Waals surface area contributed by atoms with Crippen LogP contribution in [-0.2, 0) is 21.9 Å². The highest BCUT2D eigenvalue weighted by Crippen LogP contribution is 2.04. The van der Waals surface area contributed by atoms with Gasteiger partial charge in [-0.2, -0.15) is 0 Å². The summed E-state index contributed by atoms with van der Waals surface area (Å²) < 4.78 is 22.4.